The fourth-order valence-electron chi connectivity index (χ4n) is 3.55. The lowest BCUT2D eigenvalue weighted by molar-refractivity contribution is 0.742. The summed E-state index contributed by atoms with van der Waals surface area (Å²) in [6.45, 7) is 6.01. The normalized spacial score (nSPS) is 19.4. The number of aryl methyl sites for hydroxylation is 4. The van der Waals surface area contributed by atoms with Crippen LogP contribution in [0, 0.1) is 20.8 Å². The Morgan fingerprint density at radius 2 is 1.92 bits per heavy atom. The predicted octanol–water partition coefficient (Wildman–Crippen LogP) is 3.18. The fourth-order valence-corrected chi connectivity index (χ4v) is 4.51. The van der Waals surface area contributed by atoms with E-state index in [0.717, 1.165) is 45.5 Å². The molecule has 0 aliphatic heterocycles. The first-order valence-electron chi connectivity index (χ1n) is 8.67. The summed E-state index contributed by atoms with van der Waals surface area (Å²) in [5, 5.41) is 18.9. The Labute approximate surface area is 154 Å². The average Bonchev–Trinajstić information content (AvgIpc) is 2.91. The minimum absolute atomic E-state index is 0.483. The summed E-state index contributed by atoms with van der Waals surface area (Å²) < 4.78 is 3.73. The molecule has 2 atom stereocenters. The highest BCUT2D eigenvalue weighted by atomic mass is 32.1. The Kier molecular flexibility index (Phi) is 3.27. The van der Waals surface area contributed by atoms with Crippen LogP contribution in [0.3, 0.4) is 0 Å². The number of nitrogens with zero attached hydrogens (tertiary/aromatic N) is 7. The Morgan fingerprint density at radius 3 is 2.69 bits per heavy atom. The third-order valence-corrected chi connectivity index (χ3v) is 6.09. The second-order valence-electron chi connectivity index (χ2n) is 7.00. The van der Waals surface area contributed by atoms with Gasteiger partial charge in [0.15, 0.2) is 11.5 Å². The van der Waals surface area contributed by atoms with Crippen LogP contribution in [0.4, 0.5) is 0 Å². The zero-order chi connectivity index (χ0) is 18.0. The lowest BCUT2D eigenvalue weighted by atomic mass is 10.2. The van der Waals surface area contributed by atoms with Crippen molar-refractivity contribution in [2.75, 3.05) is 0 Å². The molecule has 4 heterocycles. The van der Waals surface area contributed by atoms with Crippen LogP contribution in [-0.2, 0) is 7.05 Å². The minimum Gasteiger partial charge on any atom is -0.266 e. The van der Waals surface area contributed by atoms with Gasteiger partial charge in [0.25, 0.3) is 0 Å². The average molecular weight is 365 g/mol. The standard InChI is InChI=1S/C18H19N7S/c1-9-5-15(23-25-10(2)20-21-18(9)25)16-7-14(22-24(16)4)12-6-13(12)17-8-19-11(3)26-17/h5,7-8,12-13H,6H2,1-4H3/t12-,13-/m0/s1. The van der Waals surface area contributed by atoms with Gasteiger partial charge in [0, 0.05) is 30.0 Å². The topological polar surface area (TPSA) is 73.8 Å². The van der Waals surface area contributed by atoms with E-state index in [-0.39, 0.29) is 0 Å². The molecule has 7 nitrogen and oxygen atoms in total. The second-order valence-corrected chi connectivity index (χ2v) is 8.27. The number of aromatic nitrogens is 7. The summed E-state index contributed by atoms with van der Waals surface area (Å²) in [6.07, 6.45) is 3.16. The van der Waals surface area contributed by atoms with Gasteiger partial charge in [-0.1, -0.05) is 0 Å². The van der Waals surface area contributed by atoms with Crippen molar-refractivity contribution in [3.8, 4) is 11.4 Å². The van der Waals surface area contributed by atoms with Gasteiger partial charge in [0.1, 0.15) is 5.69 Å². The van der Waals surface area contributed by atoms with E-state index in [9.17, 15) is 0 Å². The van der Waals surface area contributed by atoms with Crippen LogP contribution in [0.2, 0.25) is 0 Å². The summed E-state index contributed by atoms with van der Waals surface area (Å²) in [4.78, 5) is 5.76. The smallest absolute Gasteiger partial charge is 0.180 e. The zero-order valence-electron chi connectivity index (χ0n) is 15.1. The first-order valence-corrected chi connectivity index (χ1v) is 9.49. The molecular formula is C18H19N7S. The van der Waals surface area contributed by atoms with E-state index in [1.54, 1.807) is 15.9 Å². The molecule has 1 fully saturated rings. The van der Waals surface area contributed by atoms with Crippen molar-refractivity contribution in [1.29, 1.82) is 0 Å². The zero-order valence-corrected chi connectivity index (χ0v) is 15.9. The second kappa shape index (κ2) is 5.44. The first kappa shape index (κ1) is 15.6. The van der Waals surface area contributed by atoms with Gasteiger partial charge in [-0.15, -0.1) is 21.5 Å². The van der Waals surface area contributed by atoms with Gasteiger partial charge in [-0.05, 0) is 44.9 Å². The van der Waals surface area contributed by atoms with Crippen molar-refractivity contribution >= 4 is 17.0 Å². The quantitative estimate of drug-likeness (QED) is 0.557. The Bertz CT molecular complexity index is 1140. The van der Waals surface area contributed by atoms with E-state index >= 15 is 0 Å². The third kappa shape index (κ3) is 2.36. The van der Waals surface area contributed by atoms with Crippen LogP contribution >= 0.6 is 11.3 Å². The molecule has 132 valence electrons. The number of thiazole rings is 1. The molecule has 0 spiro atoms. The van der Waals surface area contributed by atoms with Crippen LogP contribution in [-0.4, -0.2) is 34.6 Å². The van der Waals surface area contributed by atoms with Crippen LogP contribution in [0.5, 0.6) is 0 Å². The highest BCUT2D eigenvalue weighted by Crippen LogP contribution is 2.55. The molecule has 26 heavy (non-hydrogen) atoms. The maximum Gasteiger partial charge on any atom is 0.180 e. The van der Waals surface area contributed by atoms with Crippen molar-refractivity contribution in [3.05, 3.63) is 45.3 Å². The van der Waals surface area contributed by atoms with E-state index in [1.807, 2.05) is 31.8 Å². The first-order chi connectivity index (χ1) is 12.5. The molecule has 0 saturated heterocycles. The minimum atomic E-state index is 0.483. The van der Waals surface area contributed by atoms with Crippen molar-refractivity contribution in [1.82, 2.24) is 34.6 Å². The van der Waals surface area contributed by atoms with E-state index in [4.69, 9.17) is 10.2 Å². The largest absolute Gasteiger partial charge is 0.266 e. The fraction of sp³-hybridized carbons (Fsp3) is 0.389. The van der Waals surface area contributed by atoms with E-state index in [0.29, 0.717) is 11.8 Å². The maximum atomic E-state index is 4.77. The molecule has 0 amide bonds. The Morgan fingerprint density at radius 1 is 1.08 bits per heavy atom. The molecule has 1 saturated carbocycles. The van der Waals surface area contributed by atoms with Crippen LogP contribution < -0.4 is 0 Å². The van der Waals surface area contributed by atoms with E-state index in [1.165, 1.54) is 4.88 Å². The van der Waals surface area contributed by atoms with Gasteiger partial charge in [0.2, 0.25) is 0 Å². The summed E-state index contributed by atoms with van der Waals surface area (Å²) in [7, 11) is 1.98. The number of hydrogen-bond acceptors (Lipinski definition) is 6. The molecule has 0 unspecified atom stereocenters. The van der Waals surface area contributed by atoms with Crippen LogP contribution in [0.15, 0.2) is 18.3 Å². The van der Waals surface area contributed by atoms with Gasteiger partial charge in [-0.2, -0.15) is 14.7 Å². The number of fused-ring (bicyclic) bond motifs is 1. The van der Waals surface area contributed by atoms with Crippen molar-refractivity contribution in [2.45, 2.75) is 39.0 Å². The molecule has 4 aromatic rings. The van der Waals surface area contributed by atoms with Gasteiger partial charge in [-0.3, -0.25) is 4.68 Å². The summed E-state index contributed by atoms with van der Waals surface area (Å²) in [6, 6.07) is 4.23. The molecule has 4 aromatic heterocycles. The van der Waals surface area contributed by atoms with E-state index in [2.05, 4.69) is 34.2 Å². The summed E-state index contributed by atoms with van der Waals surface area (Å²) in [5.74, 6) is 1.83. The molecule has 0 bridgehead atoms. The lowest BCUT2D eigenvalue weighted by Crippen LogP contribution is -2.02. The van der Waals surface area contributed by atoms with Crippen molar-refractivity contribution in [3.63, 3.8) is 0 Å². The molecule has 0 aromatic carbocycles. The highest BCUT2D eigenvalue weighted by molar-refractivity contribution is 7.11. The summed E-state index contributed by atoms with van der Waals surface area (Å²) in [5.41, 5.74) is 4.91. The monoisotopic (exact) mass is 365 g/mol. The molecule has 0 N–H and O–H groups in total. The van der Waals surface area contributed by atoms with Crippen LogP contribution in [0.1, 0.15) is 45.2 Å². The molecular weight excluding hydrogens is 346 g/mol. The molecule has 8 heteroatoms. The summed E-state index contributed by atoms with van der Waals surface area (Å²) >= 11 is 1.79. The molecule has 1 aliphatic carbocycles. The lowest BCUT2D eigenvalue weighted by Gasteiger charge is -2.04. The van der Waals surface area contributed by atoms with Gasteiger partial charge in [-0.25, -0.2) is 4.98 Å². The van der Waals surface area contributed by atoms with Crippen LogP contribution in [0.25, 0.3) is 17.0 Å². The third-order valence-electron chi connectivity index (χ3n) is 5.05. The molecule has 0 radical (unpaired) electrons. The van der Waals surface area contributed by atoms with Crippen molar-refractivity contribution in [2.24, 2.45) is 7.05 Å². The number of hydrogen-bond donors (Lipinski definition) is 0. The highest BCUT2D eigenvalue weighted by Gasteiger charge is 2.42. The van der Waals surface area contributed by atoms with E-state index < -0.39 is 0 Å². The Balaban J connectivity index is 1.51. The maximum absolute atomic E-state index is 4.77. The van der Waals surface area contributed by atoms with Gasteiger partial charge in [0.05, 0.1) is 16.4 Å². The SMILES string of the molecule is Cc1ncc([C@H]2C[C@@H]2c2cc(-c3cc(C)c4nnc(C)n4n3)n(C)n2)s1. The van der Waals surface area contributed by atoms with Gasteiger partial charge < -0.3 is 0 Å². The molecule has 1 aliphatic rings. The van der Waals surface area contributed by atoms with Gasteiger partial charge >= 0.3 is 0 Å². The van der Waals surface area contributed by atoms with Crippen molar-refractivity contribution < 1.29 is 0 Å². The number of rotatable bonds is 3. The molecule has 5 rings (SSSR count). The predicted molar refractivity (Wildman–Crippen MR) is 99.4 cm³/mol. The Hall–Kier alpha value is -2.61.